The quantitative estimate of drug-likeness (QED) is 0.326. The number of aliphatic imine (C=N–C) groups is 1. The van der Waals surface area contributed by atoms with Crippen molar-refractivity contribution >= 4 is 5.90 Å². The minimum atomic E-state index is -0.394. The molecule has 0 N–H and O–H groups in total. The smallest absolute Gasteiger partial charge is 0.862 e. The Labute approximate surface area is 103 Å². The zero-order valence-corrected chi connectivity index (χ0v) is 9.82. The molecule has 0 aromatic carbocycles. The minimum absolute atomic E-state index is 0. The van der Waals surface area contributed by atoms with Crippen LogP contribution in [0.5, 0.6) is 0 Å². The van der Waals surface area contributed by atoms with Crippen LogP contribution in [0.2, 0.25) is 0 Å². The van der Waals surface area contributed by atoms with Crippen molar-refractivity contribution in [3.8, 4) is 0 Å². The molecule has 4 heteroatoms. The molecule has 0 bridgehead atoms. The van der Waals surface area contributed by atoms with Crippen LogP contribution in [0.1, 0.15) is 26.5 Å². The monoisotopic (exact) mass is 198 g/mol. The fourth-order valence-corrected chi connectivity index (χ4v) is 0.882. The third-order valence-electron chi connectivity index (χ3n) is 1.75. The van der Waals surface area contributed by atoms with E-state index in [0.29, 0.717) is 6.54 Å². The van der Waals surface area contributed by atoms with Crippen LogP contribution < -0.4 is 24.0 Å². The Morgan fingerprint density at radius 3 is 2.53 bits per heavy atom. The molecule has 1 aromatic heterocycles. The van der Waals surface area contributed by atoms with E-state index < -0.39 is 5.41 Å². The molecule has 0 saturated heterocycles. The maximum atomic E-state index is 11.4. The van der Waals surface area contributed by atoms with Crippen LogP contribution in [0.4, 0.5) is 0 Å². The zero-order valence-electron chi connectivity index (χ0n) is 9.82. The molecule has 0 aliphatic rings. The fourth-order valence-electron chi connectivity index (χ4n) is 0.882. The van der Waals surface area contributed by atoms with Crippen LogP contribution >= 0.6 is 0 Å². The molecule has 15 heavy (non-hydrogen) atoms. The van der Waals surface area contributed by atoms with Crippen molar-refractivity contribution in [3.63, 3.8) is 0 Å². The molecular formula is C11H15LiN2O. The molecule has 0 aliphatic carbocycles. The van der Waals surface area contributed by atoms with Gasteiger partial charge in [0.25, 0.3) is 0 Å². The normalized spacial score (nSPS) is 12.1. The van der Waals surface area contributed by atoms with E-state index >= 15 is 0 Å². The van der Waals surface area contributed by atoms with E-state index in [-0.39, 0.29) is 24.8 Å². The maximum absolute atomic E-state index is 11.4. The topological polar surface area (TPSA) is 48.3 Å². The summed E-state index contributed by atoms with van der Waals surface area (Å²) in [5.41, 5.74) is 0.430. The number of rotatable bonds is 2. The van der Waals surface area contributed by atoms with Crippen molar-refractivity contribution < 1.29 is 24.0 Å². The van der Waals surface area contributed by atoms with E-state index in [4.69, 9.17) is 0 Å². The zero-order chi connectivity index (χ0) is 10.6. The number of hydrogen-bond acceptors (Lipinski definition) is 3. The van der Waals surface area contributed by atoms with Crippen LogP contribution in [0.15, 0.2) is 29.4 Å². The molecule has 0 aliphatic heterocycles. The van der Waals surface area contributed by atoms with Gasteiger partial charge in [0.05, 0.1) is 12.2 Å². The Balaban J connectivity index is 0.00000196. The Bertz CT molecular complexity index is 317. The summed E-state index contributed by atoms with van der Waals surface area (Å²) < 4.78 is 0. The summed E-state index contributed by atoms with van der Waals surface area (Å²) in [6, 6.07) is 5.59. The number of nitrogens with zero attached hydrogens (tertiary/aromatic N) is 2. The van der Waals surface area contributed by atoms with E-state index in [1.807, 2.05) is 39.0 Å². The molecule has 0 radical (unpaired) electrons. The average molecular weight is 198 g/mol. The summed E-state index contributed by atoms with van der Waals surface area (Å²) in [6.07, 6.45) is 1.70. The summed E-state index contributed by atoms with van der Waals surface area (Å²) in [5.74, 6) is -0.0804. The van der Waals surface area contributed by atoms with Crippen LogP contribution in [-0.4, -0.2) is 10.9 Å². The van der Waals surface area contributed by atoms with Crippen molar-refractivity contribution in [1.29, 1.82) is 0 Å². The minimum Gasteiger partial charge on any atom is -0.862 e. The second kappa shape index (κ2) is 5.94. The molecule has 0 atom stereocenters. The molecule has 0 fully saturated rings. The van der Waals surface area contributed by atoms with E-state index in [1.54, 1.807) is 6.20 Å². The SMILES string of the molecule is CC(C)(C)C([O-])=NCc1ccccn1.[Li+]. The fraction of sp³-hybridized carbons (Fsp3) is 0.455. The van der Waals surface area contributed by atoms with Crippen molar-refractivity contribution in [2.75, 3.05) is 0 Å². The molecular weight excluding hydrogens is 183 g/mol. The largest absolute Gasteiger partial charge is 1.00 e. The second-order valence-corrected chi connectivity index (χ2v) is 4.19. The number of pyridine rings is 1. The third kappa shape index (κ3) is 5.01. The van der Waals surface area contributed by atoms with Gasteiger partial charge in [-0.2, -0.15) is 0 Å². The van der Waals surface area contributed by atoms with Crippen molar-refractivity contribution in [3.05, 3.63) is 30.1 Å². The van der Waals surface area contributed by atoms with Gasteiger partial charge in [0.1, 0.15) is 0 Å². The van der Waals surface area contributed by atoms with Gasteiger partial charge in [0.2, 0.25) is 0 Å². The van der Waals surface area contributed by atoms with Crippen LogP contribution in [0.3, 0.4) is 0 Å². The first kappa shape index (κ1) is 14.2. The van der Waals surface area contributed by atoms with Gasteiger partial charge in [-0.1, -0.05) is 26.8 Å². The first-order valence-corrected chi connectivity index (χ1v) is 4.62. The second-order valence-electron chi connectivity index (χ2n) is 4.19. The van der Waals surface area contributed by atoms with Gasteiger partial charge in [-0.25, -0.2) is 0 Å². The summed E-state index contributed by atoms with van der Waals surface area (Å²) in [4.78, 5) is 8.05. The standard InChI is InChI=1S/C11H16N2O.Li/c1-11(2,3)10(14)13-8-9-6-4-5-7-12-9;/h4-7H,8H2,1-3H3,(H,13,14);/q;+1/p-1. The first-order chi connectivity index (χ1) is 6.50. The van der Waals surface area contributed by atoms with Crippen molar-refractivity contribution in [2.45, 2.75) is 27.3 Å². The van der Waals surface area contributed by atoms with Gasteiger partial charge in [0, 0.05) is 6.20 Å². The van der Waals surface area contributed by atoms with Crippen LogP contribution in [0.25, 0.3) is 0 Å². The van der Waals surface area contributed by atoms with Crippen LogP contribution in [-0.2, 0) is 6.54 Å². The Morgan fingerprint density at radius 2 is 2.07 bits per heavy atom. The molecule has 3 nitrogen and oxygen atoms in total. The van der Waals surface area contributed by atoms with E-state index in [9.17, 15) is 5.11 Å². The summed E-state index contributed by atoms with van der Waals surface area (Å²) in [7, 11) is 0. The predicted octanol–water partition coefficient (Wildman–Crippen LogP) is -1.61. The maximum Gasteiger partial charge on any atom is 1.00 e. The van der Waals surface area contributed by atoms with E-state index in [1.165, 1.54) is 0 Å². The van der Waals surface area contributed by atoms with Crippen LogP contribution in [0, 0.1) is 5.41 Å². The molecule has 1 aromatic rings. The predicted molar refractivity (Wildman–Crippen MR) is 54.8 cm³/mol. The first-order valence-electron chi connectivity index (χ1n) is 4.62. The molecule has 0 saturated carbocycles. The number of hydrogen-bond donors (Lipinski definition) is 0. The summed E-state index contributed by atoms with van der Waals surface area (Å²) >= 11 is 0. The Morgan fingerprint density at radius 1 is 1.40 bits per heavy atom. The Kier molecular flexibility index (Phi) is 5.63. The molecule has 0 spiro atoms. The summed E-state index contributed by atoms with van der Waals surface area (Å²) in [6.45, 7) is 5.95. The van der Waals surface area contributed by atoms with Gasteiger partial charge in [-0.15, -0.1) is 0 Å². The molecule has 1 rings (SSSR count). The van der Waals surface area contributed by atoms with Crippen molar-refractivity contribution in [2.24, 2.45) is 10.4 Å². The van der Waals surface area contributed by atoms with Gasteiger partial charge >= 0.3 is 18.9 Å². The average Bonchev–Trinajstić information content (AvgIpc) is 2.14. The van der Waals surface area contributed by atoms with Gasteiger partial charge in [-0.3, -0.25) is 9.98 Å². The van der Waals surface area contributed by atoms with Gasteiger partial charge < -0.3 is 5.11 Å². The Hall–Kier alpha value is -0.783. The number of aromatic nitrogens is 1. The van der Waals surface area contributed by atoms with E-state index in [2.05, 4.69) is 9.98 Å². The van der Waals surface area contributed by atoms with Crippen molar-refractivity contribution in [1.82, 2.24) is 4.98 Å². The van der Waals surface area contributed by atoms with Gasteiger partial charge in [0.15, 0.2) is 0 Å². The molecule has 0 unspecified atom stereocenters. The van der Waals surface area contributed by atoms with E-state index in [0.717, 1.165) is 5.69 Å². The third-order valence-corrected chi connectivity index (χ3v) is 1.75. The molecule has 0 amide bonds. The molecule has 76 valence electrons. The summed E-state index contributed by atoms with van der Waals surface area (Å²) in [5, 5.41) is 11.4. The molecule has 1 heterocycles. The van der Waals surface area contributed by atoms with Gasteiger partial charge in [-0.05, 0) is 23.4 Å².